The number of pyridine rings is 1. The van der Waals surface area contributed by atoms with E-state index in [1.54, 1.807) is 42.6 Å². The highest BCUT2D eigenvalue weighted by Gasteiger charge is 2.25. The molecule has 2 aromatic rings. The molecule has 0 aliphatic heterocycles. The van der Waals surface area contributed by atoms with E-state index < -0.39 is 29.6 Å². The van der Waals surface area contributed by atoms with E-state index in [1.807, 2.05) is 6.07 Å². The molecule has 2 rings (SSSR count). The molecule has 5 nitrogen and oxygen atoms in total. The van der Waals surface area contributed by atoms with Crippen LogP contribution in [0.2, 0.25) is 0 Å². The van der Waals surface area contributed by atoms with Crippen molar-refractivity contribution in [1.82, 2.24) is 10.3 Å². The maximum Gasteiger partial charge on any atom is 0.253 e. The van der Waals surface area contributed by atoms with Gasteiger partial charge in [0.2, 0.25) is 0 Å². The number of nitrogens with one attached hydrogen (secondary N) is 1. The van der Waals surface area contributed by atoms with Crippen molar-refractivity contribution in [2.45, 2.75) is 17.0 Å². The van der Waals surface area contributed by atoms with Crippen molar-refractivity contribution in [1.29, 1.82) is 5.26 Å². The van der Waals surface area contributed by atoms with E-state index in [9.17, 15) is 14.3 Å². The Balaban J connectivity index is 2.14. The number of carbonyl (C=O) groups excluding carboxylic acids is 1. The Bertz CT molecular complexity index is 761. The standard InChI is InChI=1S/C17H14Cl2FN3O2/c18-16(19)17(25)23-14(7-20)15(24)11-3-1-10(2-4-11)12-5-6-13(8-21)22-9-12/h1-6,9,14-16,24H,7H2,(H,23,25). The average Bonchev–Trinajstić information content (AvgIpc) is 2.65. The van der Waals surface area contributed by atoms with Gasteiger partial charge in [0, 0.05) is 11.8 Å². The second-order valence-corrected chi connectivity index (χ2v) is 6.28. The number of aliphatic hydroxyl groups excluding tert-OH is 1. The summed E-state index contributed by atoms with van der Waals surface area (Å²) in [5, 5.41) is 21.3. The fraction of sp³-hybridized carbons (Fsp3) is 0.235. The summed E-state index contributed by atoms with van der Waals surface area (Å²) in [6.45, 7) is -0.977. The van der Waals surface area contributed by atoms with Crippen molar-refractivity contribution in [2.75, 3.05) is 6.67 Å². The number of nitriles is 1. The summed E-state index contributed by atoms with van der Waals surface area (Å²) in [4.78, 5) is 14.1. The predicted octanol–water partition coefficient (Wildman–Crippen LogP) is 2.91. The van der Waals surface area contributed by atoms with Crippen LogP contribution < -0.4 is 5.32 Å². The highest BCUT2D eigenvalue weighted by molar-refractivity contribution is 6.53. The van der Waals surface area contributed by atoms with Gasteiger partial charge in [-0.3, -0.25) is 4.79 Å². The van der Waals surface area contributed by atoms with Gasteiger partial charge in [0.25, 0.3) is 5.91 Å². The van der Waals surface area contributed by atoms with Crippen molar-refractivity contribution in [3.8, 4) is 17.2 Å². The molecule has 130 valence electrons. The van der Waals surface area contributed by atoms with Gasteiger partial charge in [0.1, 0.15) is 24.5 Å². The summed E-state index contributed by atoms with van der Waals surface area (Å²) in [6, 6.07) is 10.8. The molecule has 2 atom stereocenters. The van der Waals surface area contributed by atoms with E-state index in [4.69, 9.17) is 28.5 Å². The number of rotatable bonds is 6. The van der Waals surface area contributed by atoms with Crippen molar-refractivity contribution in [2.24, 2.45) is 0 Å². The van der Waals surface area contributed by atoms with E-state index in [2.05, 4.69) is 10.3 Å². The van der Waals surface area contributed by atoms with Gasteiger partial charge >= 0.3 is 0 Å². The normalized spacial score (nSPS) is 13.1. The smallest absolute Gasteiger partial charge is 0.253 e. The van der Waals surface area contributed by atoms with Gasteiger partial charge in [-0.1, -0.05) is 47.5 Å². The largest absolute Gasteiger partial charge is 0.386 e. The first-order valence-electron chi connectivity index (χ1n) is 7.25. The zero-order valence-corrected chi connectivity index (χ0v) is 14.4. The zero-order valence-electron chi connectivity index (χ0n) is 12.9. The molecule has 2 N–H and O–H groups in total. The fourth-order valence-corrected chi connectivity index (χ4v) is 2.31. The highest BCUT2D eigenvalue weighted by Crippen LogP contribution is 2.23. The molecule has 0 aliphatic rings. The Hall–Kier alpha value is -2.20. The van der Waals surface area contributed by atoms with Crippen LogP contribution in [0.3, 0.4) is 0 Å². The summed E-state index contributed by atoms with van der Waals surface area (Å²) in [7, 11) is 0. The number of amides is 1. The number of carbonyl (C=O) groups is 1. The first kappa shape index (κ1) is 19.1. The van der Waals surface area contributed by atoms with E-state index in [0.717, 1.165) is 11.1 Å². The molecule has 0 saturated carbocycles. The quantitative estimate of drug-likeness (QED) is 0.753. The maximum atomic E-state index is 13.1. The van der Waals surface area contributed by atoms with E-state index in [-0.39, 0.29) is 0 Å². The zero-order chi connectivity index (χ0) is 18.4. The minimum absolute atomic E-state index is 0.314. The van der Waals surface area contributed by atoms with Crippen LogP contribution in [0.1, 0.15) is 17.4 Å². The van der Waals surface area contributed by atoms with Crippen molar-refractivity contribution < 1.29 is 14.3 Å². The third-order valence-electron chi connectivity index (χ3n) is 3.54. The molecule has 0 radical (unpaired) electrons. The molecule has 0 fully saturated rings. The van der Waals surface area contributed by atoms with Crippen LogP contribution in [0, 0.1) is 11.3 Å². The Morgan fingerprint density at radius 2 is 1.88 bits per heavy atom. The van der Waals surface area contributed by atoms with Gasteiger partial charge in [-0.05, 0) is 23.3 Å². The van der Waals surface area contributed by atoms with Gasteiger partial charge in [-0.25, -0.2) is 9.37 Å². The lowest BCUT2D eigenvalue weighted by atomic mass is 9.99. The van der Waals surface area contributed by atoms with E-state index in [0.29, 0.717) is 11.3 Å². The number of benzene rings is 1. The van der Waals surface area contributed by atoms with Crippen LogP contribution in [0.5, 0.6) is 0 Å². The lowest BCUT2D eigenvalue weighted by Gasteiger charge is -2.22. The molecule has 0 bridgehead atoms. The molecule has 1 heterocycles. The first-order chi connectivity index (χ1) is 12.0. The number of halogens is 3. The van der Waals surface area contributed by atoms with E-state index in [1.165, 1.54) is 0 Å². The first-order valence-corrected chi connectivity index (χ1v) is 8.12. The van der Waals surface area contributed by atoms with E-state index >= 15 is 0 Å². The third kappa shape index (κ3) is 4.89. The number of aliphatic hydroxyl groups is 1. The molecule has 1 aromatic carbocycles. The summed E-state index contributed by atoms with van der Waals surface area (Å²) in [5.74, 6) is -0.773. The summed E-state index contributed by atoms with van der Waals surface area (Å²) < 4.78 is 13.1. The van der Waals surface area contributed by atoms with Gasteiger partial charge in [0.05, 0.1) is 6.04 Å². The van der Waals surface area contributed by atoms with Gasteiger partial charge < -0.3 is 10.4 Å². The molecule has 25 heavy (non-hydrogen) atoms. The second kappa shape index (κ2) is 8.77. The van der Waals surface area contributed by atoms with Gasteiger partial charge in [-0.15, -0.1) is 0 Å². The minimum atomic E-state index is -1.34. The molecule has 1 amide bonds. The van der Waals surface area contributed by atoms with Crippen LogP contribution >= 0.6 is 23.2 Å². The Morgan fingerprint density at radius 3 is 2.36 bits per heavy atom. The molecule has 2 unspecified atom stereocenters. The van der Waals surface area contributed by atoms with Gasteiger partial charge in [0.15, 0.2) is 4.84 Å². The van der Waals surface area contributed by atoms with Crippen molar-refractivity contribution in [3.05, 3.63) is 53.9 Å². The highest BCUT2D eigenvalue weighted by atomic mass is 35.5. The number of alkyl halides is 3. The van der Waals surface area contributed by atoms with Gasteiger partial charge in [-0.2, -0.15) is 5.26 Å². The monoisotopic (exact) mass is 381 g/mol. The van der Waals surface area contributed by atoms with Crippen LogP contribution in [-0.4, -0.2) is 33.6 Å². The van der Waals surface area contributed by atoms with Crippen LogP contribution in [-0.2, 0) is 4.79 Å². The third-order valence-corrected chi connectivity index (χ3v) is 3.93. The average molecular weight is 382 g/mol. The molecular weight excluding hydrogens is 368 g/mol. The molecule has 0 saturated heterocycles. The Labute approximate surface area is 154 Å². The van der Waals surface area contributed by atoms with Crippen molar-refractivity contribution in [3.63, 3.8) is 0 Å². The number of nitrogens with zero attached hydrogens (tertiary/aromatic N) is 2. The molecule has 0 spiro atoms. The second-order valence-electron chi connectivity index (χ2n) is 5.18. The predicted molar refractivity (Wildman–Crippen MR) is 92.7 cm³/mol. The lowest BCUT2D eigenvalue weighted by Crippen LogP contribution is -2.43. The number of aromatic nitrogens is 1. The summed E-state index contributed by atoms with van der Waals surface area (Å²) in [5.41, 5.74) is 2.35. The maximum absolute atomic E-state index is 13.1. The van der Waals surface area contributed by atoms with Crippen LogP contribution in [0.4, 0.5) is 4.39 Å². The fourth-order valence-electron chi connectivity index (χ4n) is 2.18. The molecular formula is C17H14Cl2FN3O2. The van der Waals surface area contributed by atoms with Crippen LogP contribution in [0.15, 0.2) is 42.6 Å². The molecule has 1 aromatic heterocycles. The lowest BCUT2D eigenvalue weighted by molar-refractivity contribution is -0.121. The number of hydrogen-bond acceptors (Lipinski definition) is 4. The summed E-state index contributed by atoms with van der Waals surface area (Å²) >= 11 is 10.8. The topological polar surface area (TPSA) is 86.0 Å². The molecule has 0 aliphatic carbocycles. The summed E-state index contributed by atoms with van der Waals surface area (Å²) in [6.07, 6.45) is 0.310. The van der Waals surface area contributed by atoms with Crippen LogP contribution in [0.25, 0.3) is 11.1 Å². The number of hydrogen-bond donors (Lipinski definition) is 2. The van der Waals surface area contributed by atoms with Crippen molar-refractivity contribution >= 4 is 29.1 Å². The Kier molecular flexibility index (Phi) is 6.71. The minimum Gasteiger partial charge on any atom is -0.386 e. The Morgan fingerprint density at radius 1 is 1.24 bits per heavy atom. The SMILES string of the molecule is N#Cc1ccc(-c2ccc(C(O)C(CF)NC(=O)C(Cl)Cl)cc2)cn1. The molecule has 8 heteroatoms.